The van der Waals surface area contributed by atoms with Crippen molar-refractivity contribution in [1.82, 2.24) is 9.38 Å². The number of anilines is 1. The molecular weight excluding hydrogens is 402 g/mol. The van der Waals surface area contributed by atoms with E-state index in [1.807, 2.05) is 79.0 Å². The van der Waals surface area contributed by atoms with Crippen LogP contribution in [0, 0.1) is 13.8 Å². The third kappa shape index (κ3) is 3.26. The number of pyridine rings is 1. The molecule has 0 aliphatic carbocycles. The smallest absolute Gasteiger partial charge is 0.257 e. The Hall–Kier alpha value is -2.92. The summed E-state index contributed by atoms with van der Waals surface area (Å²) in [6.45, 7) is 4.07. The maximum Gasteiger partial charge on any atom is 0.257 e. The minimum atomic E-state index is -0.181. The van der Waals surface area contributed by atoms with E-state index in [2.05, 4.69) is 21.2 Å². The van der Waals surface area contributed by atoms with Gasteiger partial charge in [0.05, 0.1) is 5.56 Å². The SMILES string of the molecule is Cc1ccn2c(NC(=O)c3ccccc3Br)c(-c3ccccc3C)nc2c1. The predicted molar refractivity (Wildman–Crippen MR) is 112 cm³/mol. The van der Waals surface area contributed by atoms with Gasteiger partial charge in [-0.25, -0.2) is 4.98 Å². The predicted octanol–water partition coefficient (Wildman–Crippen LogP) is 5.63. The van der Waals surface area contributed by atoms with Crippen LogP contribution in [0.3, 0.4) is 0 Å². The van der Waals surface area contributed by atoms with E-state index in [0.29, 0.717) is 11.4 Å². The van der Waals surface area contributed by atoms with Crippen LogP contribution in [0.15, 0.2) is 71.3 Å². The molecule has 2 heterocycles. The number of amides is 1. The summed E-state index contributed by atoms with van der Waals surface area (Å²) in [5.41, 5.74) is 5.37. The lowest BCUT2D eigenvalue weighted by Crippen LogP contribution is -2.14. The molecule has 0 atom stereocenters. The van der Waals surface area contributed by atoms with Gasteiger partial charge in [0.25, 0.3) is 5.91 Å². The number of aromatic nitrogens is 2. The van der Waals surface area contributed by atoms with Crippen molar-refractivity contribution in [3.8, 4) is 11.3 Å². The Kier molecular flexibility index (Phi) is 4.54. The molecule has 0 radical (unpaired) electrons. The molecule has 1 N–H and O–H groups in total. The van der Waals surface area contributed by atoms with Gasteiger partial charge in [-0.1, -0.05) is 36.4 Å². The molecule has 4 aromatic rings. The third-order valence-corrected chi connectivity index (χ3v) is 5.22. The van der Waals surface area contributed by atoms with Crippen LogP contribution in [0.1, 0.15) is 21.5 Å². The van der Waals surface area contributed by atoms with Gasteiger partial charge in [0.2, 0.25) is 0 Å². The molecule has 27 heavy (non-hydrogen) atoms. The molecule has 134 valence electrons. The second-order valence-electron chi connectivity index (χ2n) is 6.49. The highest BCUT2D eigenvalue weighted by atomic mass is 79.9. The Labute approximate surface area is 166 Å². The van der Waals surface area contributed by atoms with Crippen molar-refractivity contribution in [2.75, 3.05) is 5.32 Å². The number of carbonyl (C=O) groups excluding carboxylic acids is 1. The first-order valence-corrected chi connectivity index (χ1v) is 9.44. The molecule has 0 bridgehead atoms. The molecule has 2 aromatic heterocycles. The highest BCUT2D eigenvalue weighted by molar-refractivity contribution is 9.10. The van der Waals surface area contributed by atoms with Crippen LogP contribution < -0.4 is 5.32 Å². The van der Waals surface area contributed by atoms with E-state index in [1.54, 1.807) is 6.07 Å². The van der Waals surface area contributed by atoms with E-state index in [0.717, 1.165) is 32.5 Å². The van der Waals surface area contributed by atoms with E-state index < -0.39 is 0 Å². The molecule has 4 rings (SSSR count). The van der Waals surface area contributed by atoms with Crippen molar-refractivity contribution in [2.24, 2.45) is 0 Å². The van der Waals surface area contributed by atoms with Gasteiger partial charge in [-0.15, -0.1) is 0 Å². The number of imidazole rings is 1. The lowest BCUT2D eigenvalue weighted by atomic mass is 10.1. The van der Waals surface area contributed by atoms with Crippen LogP contribution in [0.25, 0.3) is 16.9 Å². The van der Waals surface area contributed by atoms with Crippen molar-refractivity contribution in [2.45, 2.75) is 13.8 Å². The van der Waals surface area contributed by atoms with Gasteiger partial charge in [0, 0.05) is 16.2 Å². The standard InChI is InChI=1S/C22H18BrN3O/c1-14-11-12-26-19(13-14)24-20(16-8-4-3-7-15(16)2)21(26)25-22(27)17-9-5-6-10-18(17)23/h3-13H,1-2H3,(H,25,27). The van der Waals surface area contributed by atoms with Crippen molar-refractivity contribution >= 4 is 33.3 Å². The number of carbonyl (C=O) groups is 1. The molecule has 5 heteroatoms. The highest BCUT2D eigenvalue weighted by Crippen LogP contribution is 2.32. The maximum atomic E-state index is 12.9. The Morgan fingerprint density at radius 1 is 1.04 bits per heavy atom. The molecule has 0 aliphatic heterocycles. The Morgan fingerprint density at radius 3 is 2.56 bits per heavy atom. The van der Waals surface area contributed by atoms with Crippen molar-refractivity contribution in [3.63, 3.8) is 0 Å². The van der Waals surface area contributed by atoms with E-state index in [1.165, 1.54) is 0 Å². The normalized spacial score (nSPS) is 10.9. The van der Waals surface area contributed by atoms with Gasteiger partial charge < -0.3 is 5.32 Å². The van der Waals surface area contributed by atoms with Gasteiger partial charge in [-0.2, -0.15) is 0 Å². The minimum absolute atomic E-state index is 0.181. The van der Waals surface area contributed by atoms with E-state index in [9.17, 15) is 4.79 Å². The molecule has 0 unspecified atom stereocenters. The summed E-state index contributed by atoms with van der Waals surface area (Å²) in [6.07, 6.45) is 1.94. The van der Waals surface area contributed by atoms with Crippen LogP contribution in [0.2, 0.25) is 0 Å². The van der Waals surface area contributed by atoms with Gasteiger partial charge in [-0.3, -0.25) is 9.20 Å². The van der Waals surface area contributed by atoms with Crippen LogP contribution in [-0.2, 0) is 0 Å². The lowest BCUT2D eigenvalue weighted by molar-refractivity contribution is 0.102. The first-order valence-electron chi connectivity index (χ1n) is 8.65. The molecule has 2 aromatic carbocycles. The van der Waals surface area contributed by atoms with Crippen LogP contribution in [0.5, 0.6) is 0 Å². The second-order valence-corrected chi connectivity index (χ2v) is 7.34. The number of nitrogens with one attached hydrogen (secondary N) is 1. The molecule has 0 saturated carbocycles. The summed E-state index contributed by atoms with van der Waals surface area (Å²) in [5.74, 6) is 0.486. The first kappa shape index (κ1) is 17.5. The van der Waals surface area contributed by atoms with Crippen molar-refractivity contribution < 1.29 is 4.79 Å². The van der Waals surface area contributed by atoms with Crippen LogP contribution >= 0.6 is 15.9 Å². The zero-order chi connectivity index (χ0) is 19.0. The van der Waals surface area contributed by atoms with Crippen LogP contribution in [0.4, 0.5) is 5.82 Å². The van der Waals surface area contributed by atoms with E-state index >= 15 is 0 Å². The maximum absolute atomic E-state index is 12.9. The lowest BCUT2D eigenvalue weighted by Gasteiger charge is -2.10. The fourth-order valence-corrected chi connectivity index (χ4v) is 3.58. The Morgan fingerprint density at radius 2 is 1.78 bits per heavy atom. The fourth-order valence-electron chi connectivity index (χ4n) is 3.11. The molecule has 4 nitrogen and oxygen atoms in total. The minimum Gasteiger partial charge on any atom is -0.306 e. The quantitative estimate of drug-likeness (QED) is 0.467. The number of hydrogen-bond donors (Lipinski definition) is 1. The molecule has 1 amide bonds. The molecule has 0 fully saturated rings. The average Bonchev–Trinajstić information content (AvgIpc) is 2.99. The van der Waals surface area contributed by atoms with E-state index in [-0.39, 0.29) is 5.91 Å². The number of fused-ring (bicyclic) bond motifs is 1. The van der Waals surface area contributed by atoms with Gasteiger partial charge in [0.1, 0.15) is 17.2 Å². The first-order chi connectivity index (χ1) is 13.0. The number of halogens is 1. The largest absolute Gasteiger partial charge is 0.306 e. The zero-order valence-corrected chi connectivity index (χ0v) is 16.6. The molecule has 0 aliphatic rings. The number of hydrogen-bond acceptors (Lipinski definition) is 2. The Bertz CT molecular complexity index is 1160. The topological polar surface area (TPSA) is 46.4 Å². The van der Waals surface area contributed by atoms with Gasteiger partial charge in [0.15, 0.2) is 0 Å². The third-order valence-electron chi connectivity index (χ3n) is 4.53. The summed E-state index contributed by atoms with van der Waals surface area (Å²) < 4.78 is 2.67. The monoisotopic (exact) mass is 419 g/mol. The highest BCUT2D eigenvalue weighted by Gasteiger charge is 2.19. The number of nitrogens with zero attached hydrogens (tertiary/aromatic N) is 2. The number of aryl methyl sites for hydroxylation is 2. The summed E-state index contributed by atoms with van der Waals surface area (Å²) in [5, 5.41) is 3.07. The molecular formula is C22H18BrN3O. The number of benzene rings is 2. The average molecular weight is 420 g/mol. The van der Waals surface area contributed by atoms with Crippen molar-refractivity contribution in [1.29, 1.82) is 0 Å². The molecule has 0 spiro atoms. The summed E-state index contributed by atoms with van der Waals surface area (Å²) in [4.78, 5) is 17.7. The summed E-state index contributed by atoms with van der Waals surface area (Å²) in [7, 11) is 0. The Balaban J connectivity index is 1.88. The summed E-state index contributed by atoms with van der Waals surface area (Å²) >= 11 is 3.45. The van der Waals surface area contributed by atoms with E-state index in [4.69, 9.17) is 4.98 Å². The zero-order valence-electron chi connectivity index (χ0n) is 15.0. The van der Waals surface area contributed by atoms with Gasteiger partial charge >= 0.3 is 0 Å². The van der Waals surface area contributed by atoms with Gasteiger partial charge in [-0.05, 0) is 65.2 Å². The number of rotatable bonds is 3. The second kappa shape index (κ2) is 7.00. The summed E-state index contributed by atoms with van der Waals surface area (Å²) in [6, 6.07) is 19.4. The fraction of sp³-hybridized carbons (Fsp3) is 0.0909. The van der Waals surface area contributed by atoms with Crippen LogP contribution in [-0.4, -0.2) is 15.3 Å². The molecule has 0 saturated heterocycles. The van der Waals surface area contributed by atoms with Crippen molar-refractivity contribution in [3.05, 3.63) is 88.0 Å².